The summed E-state index contributed by atoms with van der Waals surface area (Å²) in [5.74, 6) is 0.0549. The van der Waals surface area contributed by atoms with Crippen LogP contribution in [0.3, 0.4) is 0 Å². The topological polar surface area (TPSA) is 114 Å². The van der Waals surface area contributed by atoms with Gasteiger partial charge in [-0.1, -0.05) is 57.2 Å². The summed E-state index contributed by atoms with van der Waals surface area (Å²) in [6, 6.07) is 14.0. The molecule has 4 aromatic rings. The molecule has 2 aromatic heterocycles. The van der Waals surface area contributed by atoms with Crippen molar-refractivity contribution in [1.82, 2.24) is 20.6 Å². The van der Waals surface area contributed by atoms with E-state index in [-0.39, 0.29) is 28.5 Å². The van der Waals surface area contributed by atoms with Gasteiger partial charge in [-0.05, 0) is 47.9 Å². The lowest BCUT2D eigenvalue weighted by atomic mass is 10.0. The highest BCUT2D eigenvalue weighted by Gasteiger charge is 2.15. The van der Waals surface area contributed by atoms with Gasteiger partial charge < -0.3 is 9.73 Å². The molecular formula is C25H27N5O3. The molecule has 2 heterocycles. The van der Waals surface area contributed by atoms with Crippen LogP contribution in [0.1, 0.15) is 61.4 Å². The number of unbranched alkanes of at least 4 members (excludes halogenated alkanes) is 5. The number of rotatable bonds is 10. The molecule has 4 rings (SSSR count). The van der Waals surface area contributed by atoms with Gasteiger partial charge in [0.1, 0.15) is 0 Å². The Bertz CT molecular complexity index is 1260. The van der Waals surface area contributed by atoms with Crippen molar-refractivity contribution in [3.63, 3.8) is 0 Å². The third-order valence-electron chi connectivity index (χ3n) is 5.60. The zero-order valence-corrected chi connectivity index (χ0v) is 18.6. The summed E-state index contributed by atoms with van der Waals surface area (Å²) in [5.41, 5.74) is 2.17. The van der Waals surface area contributed by atoms with Crippen LogP contribution in [-0.4, -0.2) is 26.5 Å². The second-order valence-corrected chi connectivity index (χ2v) is 8.06. The first-order valence-electron chi connectivity index (χ1n) is 11.4. The first-order chi connectivity index (χ1) is 16.2. The van der Waals surface area contributed by atoms with Gasteiger partial charge in [-0.3, -0.25) is 9.59 Å². The van der Waals surface area contributed by atoms with E-state index in [4.69, 9.17) is 4.42 Å². The number of fused-ring (bicyclic) bond motifs is 1. The van der Waals surface area contributed by atoms with E-state index in [1.165, 1.54) is 43.7 Å². The number of nitrogens with one attached hydrogen (secondary N) is 2. The van der Waals surface area contributed by atoms with E-state index in [2.05, 4.69) is 32.9 Å². The number of aromatic amines is 1. The number of benzene rings is 2. The Hall–Kier alpha value is -3.81. The minimum atomic E-state index is -0.277. The van der Waals surface area contributed by atoms with Gasteiger partial charge in [-0.25, -0.2) is 0 Å². The van der Waals surface area contributed by atoms with Gasteiger partial charge in [0.2, 0.25) is 5.82 Å². The quantitative estimate of drug-likeness (QED) is 0.327. The van der Waals surface area contributed by atoms with Gasteiger partial charge in [0.15, 0.2) is 16.8 Å². The van der Waals surface area contributed by atoms with Crippen molar-refractivity contribution >= 4 is 22.6 Å². The predicted octanol–water partition coefficient (Wildman–Crippen LogP) is 5.13. The van der Waals surface area contributed by atoms with Gasteiger partial charge in [0.05, 0.1) is 11.1 Å². The smallest absolute Gasteiger partial charge is 0.255 e. The number of carbonyl (C=O) groups excluding carboxylic acids is 1. The molecule has 0 saturated heterocycles. The van der Waals surface area contributed by atoms with Crippen LogP contribution >= 0.6 is 0 Å². The Morgan fingerprint density at radius 1 is 1.03 bits per heavy atom. The standard InChI is InChI=1S/C25H27N5O3/c1-2-3-4-5-6-7-9-17-12-14-18(15-13-17)25(32)26-20-11-8-10-19-21(31)16-22(33-23(19)20)24-27-29-30-28-24/h8,10-16H,2-7,9H2,1H3,(H,26,32)(H,27,28,29,30). The highest BCUT2D eigenvalue weighted by atomic mass is 16.3. The van der Waals surface area contributed by atoms with Gasteiger partial charge in [0.25, 0.3) is 5.91 Å². The number of hydrogen-bond donors (Lipinski definition) is 2. The van der Waals surface area contributed by atoms with Crippen LogP contribution in [0.4, 0.5) is 5.69 Å². The molecule has 0 unspecified atom stereocenters. The molecule has 8 nitrogen and oxygen atoms in total. The van der Waals surface area contributed by atoms with E-state index >= 15 is 0 Å². The Morgan fingerprint density at radius 2 is 1.82 bits per heavy atom. The first kappa shape index (κ1) is 22.4. The summed E-state index contributed by atoms with van der Waals surface area (Å²) >= 11 is 0. The van der Waals surface area contributed by atoms with Crippen molar-refractivity contribution in [2.24, 2.45) is 0 Å². The maximum absolute atomic E-state index is 12.9. The Morgan fingerprint density at radius 3 is 2.58 bits per heavy atom. The molecule has 0 saturated carbocycles. The molecule has 8 heteroatoms. The van der Waals surface area contributed by atoms with E-state index in [9.17, 15) is 9.59 Å². The van der Waals surface area contributed by atoms with E-state index in [1.54, 1.807) is 18.2 Å². The van der Waals surface area contributed by atoms with E-state index in [1.807, 2.05) is 24.3 Å². The highest BCUT2D eigenvalue weighted by Crippen LogP contribution is 2.25. The molecule has 0 fully saturated rings. The molecule has 170 valence electrons. The number of tetrazole rings is 1. The summed E-state index contributed by atoms with van der Waals surface area (Å²) in [4.78, 5) is 25.4. The fourth-order valence-corrected chi connectivity index (χ4v) is 3.78. The molecule has 0 radical (unpaired) electrons. The number of carbonyl (C=O) groups is 1. The summed E-state index contributed by atoms with van der Waals surface area (Å²) in [5, 5.41) is 16.7. The van der Waals surface area contributed by atoms with Crippen LogP contribution in [0.15, 0.2) is 57.7 Å². The summed E-state index contributed by atoms with van der Waals surface area (Å²) in [6.45, 7) is 2.22. The molecule has 0 aliphatic heterocycles. The Labute approximate surface area is 191 Å². The largest absolute Gasteiger partial charge is 0.450 e. The van der Waals surface area contributed by atoms with E-state index in [0.717, 1.165) is 12.8 Å². The molecule has 2 N–H and O–H groups in total. The normalized spacial score (nSPS) is 11.1. The second-order valence-electron chi connectivity index (χ2n) is 8.06. The minimum Gasteiger partial charge on any atom is -0.450 e. The molecule has 2 aromatic carbocycles. The zero-order chi connectivity index (χ0) is 23.0. The summed E-state index contributed by atoms with van der Waals surface area (Å²) in [7, 11) is 0. The van der Waals surface area contributed by atoms with Gasteiger partial charge in [-0.2, -0.15) is 5.21 Å². The number of anilines is 1. The van der Waals surface area contributed by atoms with Gasteiger partial charge in [0, 0.05) is 11.6 Å². The molecule has 1 amide bonds. The fraction of sp³-hybridized carbons (Fsp3) is 0.320. The van der Waals surface area contributed by atoms with E-state index in [0.29, 0.717) is 16.6 Å². The van der Waals surface area contributed by atoms with Crippen molar-refractivity contribution in [2.75, 3.05) is 5.32 Å². The average molecular weight is 446 g/mol. The van der Waals surface area contributed by atoms with Crippen LogP contribution in [0.25, 0.3) is 22.6 Å². The van der Waals surface area contributed by atoms with Crippen LogP contribution in [0.2, 0.25) is 0 Å². The molecule has 0 aliphatic carbocycles. The van der Waals surface area contributed by atoms with Gasteiger partial charge in [-0.15, -0.1) is 10.2 Å². The first-order valence-corrected chi connectivity index (χ1v) is 11.4. The molecular weight excluding hydrogens is 418 g/mol. The van der Waals surface area contributed by atoms with Crippen LogP contribution < -0.4 is 10.7 Å². The molecule has 0 atom stereocenters. The Balaban J connectivity index is 1.46. The maximum Gasteiger partial charge on any atom is 0.255 e. The lowest BCUT2D eigenvalue weighted by molar-refractivity contribution is 0.102. The third kappa shape index (κ3) is 5.52. The number of aryl methyl sites for hydroxylation is 1. The number of amides is 1. The molecule has 0 spiro atoms. The van der Waals surface area contributed by atoms with Crippen LogP contribution in [0.5, 0.6) is 0 Å². The summed E-state index contributed by atoms with van der Waals surface area (Å²) in [6.07, 6.45) is 8.57. The van der Waals surface area contributed by atoms with Crippen LogP contribution in [0, 0.1) is 0 Å². The molecule has 33 heavy (non-hydrogen) atoms. The third-order valence-corrected chi connectivity index (χ3v) is 5.60. The maximum atomic E-state index is 12.9. The SMILES string of the molecule is CCCCCCCCc1ccc(C(=O)Nc2cccc3c(=O)cc(-c4nn[nH]n4)oc23)cc1. The predicted molar refractivity (Wildman–Crippen MR) is 127 cm³/mol. The van der Waals surface area contributed by atoms with Crippen molar-refractivity contribution in [1.29, 1.82) is 0 Å². The van der Waals surface area contributed by atoms with Crippen molar-refractivity contribution in [3.05, 3.63) is 69.9 Å². The highest BCUT2D eigenvalue weighted by molar-refractivity contribution is 6.08. The molecule has 0 bridgehead atoms. The molecule has 0 aliphatic rings. The minimum absolute atomic E-state index is 0.163. The number of hydrogen-bond acceptors (Lipinski definition) is 6. The van der Waals surface area contributed by atoms with Crippen molar-refractivity contribution < 1.29 is 9.21 Å². The second kappa shape index (κ2) is 10.7. The summed E-state index contributed by atoms with van der Waals surface area (Å²) < 4.78 is 5.85. The fourth-order valence-electron chi connectivity index (χ4n) is 3.78. The monoisotopic (exact) mass is 445 g/mol. The average Bonchev–Trinajstić information content (AvgIpc) is 3.37. The number of para-hydroxylation sites is 1. The van der Waals surface area contributed by atoms with E-state index < -0.39 is 0 Å². The van der Waals surface area contributed by atoms with Crippen molar-refractivity contribution in [3.8, 4) is 11.6 Å². The van der Waals surface area contributed by atoms with Crippen molar-refractivity contribution in [2.45, 2.75) is 51.9 Å². The number of aromatic nitrogens is 4. The van der Waals surface area contributed by atoms with Gasteiger partial charge >= 0.3 is 0 Å². The number of nitrogens with zero attached hydrogens (tertiary/aromatic N) is 3. The lowest BCUT2D eigenvalue weighted by Gasteiger charge is -2.09. The lowest BCUT2D eigenvalue weighted by Crippen LogP contribution is -2.13. The number of H-pyrrole nitrogens is 1. The van der Waals surface area contributed by atoms with Crippen LogP contribution in [-0.2, 0) is 6.42 Å². The zero-order valence-electron chi connectivity index (χ0n) is 18.6. The Kier molecular flexibility index (Phi) is 7.24.